The predicted molar refractivity (Wildman–Crippen MR) is 272 cm³/mol. The third-order valence-corrected chi connectivity index (χ3v) is 15.0. The Morgan fingerprint density at radius 1 is 0.789 bits per heavy atom. The second-order valence-corrected chi connectivity index (χ2v) is 20.7. The lowest BCUT2D eigenvalue weighted by molar-refractivity contribution is -0.200. The van der Waals surface area contributed by atoms with E-state index in [0.717, 1.165) is 37.7 Å². The number of benzene rings is 1. The molecule has 3 aliphatic rings. The van der Waals surface area contributed by atoms with Gasteiger partial charge in [0.1, 0.15) is 12.1 Å². The van der Waals surface area contributed by atoms with Gasteiger partial charge in [0.2, 0.25) is 23.6 Å². The van der Waals surface area contributed by atoms with Crippen LogP contribution in [-0.4, -0.2) is 170 Å². The fraction of sp³-hybridized carbons (Fsp3) is 0.722. The quantitative estimate of drug-likeness (QED) is 0.0817. The van der Waals surface area contributed by atoms with Gasteiger partial charge in [-0.05, 0) is 75.4 Å². The van der Waals surface area contributed by atoms with Crippen LogP contribution >= 0.6 is 0 Å². The minimum Gasteiger partial charge on any atom is -0.379 e. The molecule has 4 rings (SSSR count). The van der Waals surface area contributed by atoms with Gasteiger partial charge in [0.25, 0.3) is 17.7 Å². The maximum atomic E-state index is 14.7. The Morgan fingerprint density at radius 2 is 1.44 bits per heavy atom. The summed E-state index contributed by atoms with van der Waals surface area (Å²) in [6.45, 7) is 17.9. The van der Waals surface area contributed by atoms with Crippen LogP contribution in [0.2, 0.25) is 0 Å². The summed E-state index contributed by atoms with van der Waals surface area (Å²) in [7, 11) is 6.74. The Kier molecular flexibility index (Phi) is 23.6. The number of carbonyl (C=O) groups is 7. The number of hydrogen-bond acceptors (Lipinski definition) is 11. The van der Waals surface area contributed by atoms with Crippen LogP contribution in [0.25, 0.3) is 0 Å². The Hall–Kier alpha value is -4.71. The van der Waals surface area contributed by atoms with Crippen molar-refractivity contribution in [3.8, 4) is 0 Å². The van der Waals surface area contributed by atoms with Gasteiger partial charge in [-0.1, -0.05) is 105 Å². The molecule has 398 valence electrons. The van der Waals surface area contributed by atoms with Gasteiger partial charge < -0.3 is 29.9 Å². The number of methoxy groups -OCH3 is 2. The monoisotopic (exact) mass is 994 g/mol. The first-order chi connectivity index (χ1) is 33.8. The molecule has 2 fully saturated rings. The molecule has 0 saturated carbocycles. The number of hydroxylamine groups is 2. The van der Waals surface area contributed by atoms with Crippen LogP contribution in [0, 0.1) is 23.7 Å². The van der Waals surface area contributed by atoms with E-state index in [0.29, 0.717) is 58.5 Å². The fourth-order valence-corrected chi connectivity index (χ4v) is 10.6. The molecular formula is C54H87N7O10. The summed E-state index contributed by atoms with van der Waals surface area (Å²) in [6, 6.07) is 6.41. The highest BCUT2D eigenvalue weighted by molar-refractivity contribution is 6.12. The molecule has 7 amide bonds. The highest BCUT2D eigenvalue weighted by Crippen LogP contribution is 2.31. The van der Waals surface area contributed by atoms with Crippen LogP contribution in [0.3, 0.4) is 0 Å². The summed E-state index contributed by atoms with van der Waals surface area (Å²) in [5.74, 6) is -3.38. The van der Waals surface area contributed by atoms with E-state index >= 15 is 0 Å². The standard InChI is InChI=1S/C54H87N7O10/c1-13-37(6)49(58(10)53(67)46(35(2)3)55-52(66)48(36(4)5)57(9)29-19-14-15-20-30-60-43(62)27-28-44(60)63)42(69-11)34-45(64)59-31-23-26-41(59)50(70-12)39(8)51(65)56-47(38(7)40-24-17-16-18-25-40)54(68)61-32-21-22-33-71-61/h16-18,24-25,27-28,35-39,41-42,46-50H,13-15,19-23,26,29-34H2,1-12H3,(H,55,66)(H,56,65)/t37-,38-,39+,41-,42+,46-,47-,48-,49?,50+/m0/s1. The third kappa shape index (κ3) is 15.6. The molecule has 0 bridgehead atoms. The molecule has 17 nitrogen and oxygen atoms in total. The lowest BCUT2D eigenvalue weighted by Crippen LogP contribution is -2.60. The third-order valence-electron chi connectivity index (χ3n) is 15.0. The average molecular weight is 994 g/mol. The average Bonchev–Trinajstić information content (AvgIpc) is 3.98. The van der Waals surface area contributed by atoms with E-state index in [4.69, 9.17) is 14.3 Å². The summed E-state index contributed by atoms with van der Waals surface area (Å²) in [6.07, 6.45) is 8.12. The Labute approximate surface area is 424 Å². The van der Waals surface area contributed by atoms with E-state index in [1.54, 1.807) is 38.0 Å². The Balaban J connectivity index is 1.43. The molecule has 1 aromatic carbocycles. The van der Waals surface area contributed by atoms with E-state index in [-0.39, 0.29) is 71.4 Å². The van der Waals surface area contributed by atoms with Gasteiger partial charge in [-0.15, -0.1) is 0 Å². The Morgan fingerprint density at radius 3 is 2.01 bits per heavy atom. The smallest absolute Gasteiger partial charge is 0.269 e. The topological polar surface area (TPSA) is 187 Å². The van der Waals surface area contributed by atoms with Crippen molar-refractivity contribution in [1.82, 2.24) is 35.3 Å². The molecule has 3 heterocycles. The SMILES string of the molecule is CC[C@H](C)C([C@@H](CC(=O)N1CCC[C@H]1[C@H](OC)[C@@H](C)C(=O)N[C@H](C(=O)N1CCCCO1)[C@@H](C)c1ccccc1)OC)N(C)C(=O)[C@@H](NC(=O)[C@H](C(C)C)N(C)CCCCCCN1C(=O)C=CC1=O)C(C)C. The fourth-order valence-electron chi connectivity index (χ4n) is 10.6. The molecular weight excluding hydrogens is 907 g/mol. The van der Waals surface area contributed by atoms with Crippen molar-refractivity contribution in [1.29, 1.82) is 0 Å². The van der Waals surface area contributed by atoms with Crippen molar-refractivity contribution in [2.24, 2.45) is 23.7 Å². The van der Waals surface area contributed by atoms with Crippen LogP contribution in [0.15, 0.2) is 42.5 Å². The zero-order valence-corrected chi connectivity index (χ0v) is 44.9. The maximum absolute atomic E-state index is 14.7. The van der Waals surface area contributed by atoms with Gasteiger partial charge in [-0.25, -0.2) is 5.06 Å². The summed E-state index contributed by atoms with van der Waals surface area (Å²) in [5.41, 5.74) is 0.902. The van der Waals surface area contributed by atoms with E-state index < -0.39 is 48.3 Å². The van der Waals surface area contributed by atoms with E-state index in [1.807, 2.05) is 90.7 Å². The number of imide groups is 1. The van der Waals surface area contributed by atoms with Crippen LogP contribution in [0.4, 0.5) is 0 Å². The first-order valence-corrected chi connectivity index (χ1v) is 26.2. The molecule has 10 atom stereocenters. The van der Waals surface area contributed by atoms with Crippen LogP contribution < -0.4 is 10.6 Å². The van der Waals surface area contributed by atoms with Crippen molar-refractivity contribution >= 4 is 41.4 Å². The molecule has 3 aliphatic heterocycles. The second-order valence-electron chi connectivity index (χ2n) is 20.7. The van der Waals surface area contributed by atoms with Crippen molar-refractivity contribution in [3.05, 3.63) is 48.0 Å². The number of nitrogens with one attached hydrogen (secondary N) is 2. The number of amides is 7. The molecule has 2 N–H and O–H groups in total. The van der Waals surface area contributed by atoms with Gasteiger partial charge in [0.15, 0.2) is 0 Å². The zero-order valence-electron chi connectivity index (χ0n) is 44.9. The van der Waals surface area contributed by atoms with Crippen LogP contribution in [0.5, 0.6) is 0 Å². The molecule has 0 aliphatic carbocycles. The van der Waals surface area contributed by atoms with Gasteiger partial charge in [-0.2, -0.15) is 0 Å². The number of ether oxygens (including phenoxy) is 2. The number of likely N-dealkylation sites (N-methyl/N-ethyl adjacent to an activating group) is 2. The number of carbonyl (C=O) groups excluding carboxylic acids is 7. The minimum atomic E-state index is -0.897. The Bertz CT molecular complexity index is 1920. The number of unbranched alkanes of at least 4 members (excludes halogenated alkanes) is 3. The maximum Gasteiger partial charge on any atom is 0.269 e. The van der Waals surface area contributed by atoms with Gasteiger partial charge in [0, 0.05) is 59.0 Å². The van der Waals surface area contributed by atoms with Crippen LogP contribution in [-0.2, 0) is 47.9 Å². The van der Waals surface area contributed by atoms with Crippen molar-refractivity contribution in [2.45, 2.75) is 168 Å². The molecule has 17 heteroatoms. The highest BCUT2D eigenvalue weighted by atomic mass is 16.7. The number of likely N-dealkylation sites (tertiary alicyclic amines) is 1. The lowest BCUT2D eigenvalue weighted by Gasteiger charge is -2.41. The largest absolute Gasteiger partial charge is 0.379 e. The summed E-state index contributed by atoms with van der Waals surface area (Å²) >= 11 is 0. The number of rotatable bonds is 28. The lowest BCUT2D eigenvalue weighted by atomic mass is 9.89. The first kappa shape index (κ1) is 58.9. The van der Waals surface area contributed by atoms with Crippen molar-refractivity contribution in [2.75, 3.05) is 61.1 Å². The highest BCUT2D eigenvalue weighted by Gasteiger charge is 2.44. The second kappa shape index (κ2) is 28.5. The predicted octanol–water partition coefficient (Wildman–Crippen LogP) is 5.33. The summed E-state index contributed by atoms with van der Waals surface area (Å²) in [5, 5.41) is 7.55. The number of nitrogens with zero attached hydrogens (tertiary/aromatic N) is 5. The van der Waals surface area contributed by atoms with Gasteiger partial charge in [0.05, 0.1) is 49.3 Å². The molecule has 0 radical (unpaired) electrons. The number of hydrogen-bond donors (Lipinski definition) is 2. The minimum absolute atomic E-state index is 0.0255. The summed E-state index contributed by atoms with van der Waals surface area (Å²) < 4.78 is 12.2. The van der Waals surface area contributed by atoms with E-state index in [2.05, 4.69) is 10.6 Å². The van der Waals surface area contributed by atoms with Gasteiger partial charge in [-0.3, -0.25) is 48.2 Å². The van der Waals surface area contributed by atoms with E-state index in [9.17, 15) is 33.6 Å². The molecule has 0 aromatic heterocycles. The van der Waals surface area contributed by atoms with Gasteiger partial charge >= 0.3 is 0 Å². The molecule has 1 aromatic rings. The zero-order chi connectivity index (χ0) is 52.5. The first-order valence-electron chi connectivity index (χ1n) is 26.2. The normalized spacial score (nSPS) is 20.2. The van der Waals surface area contributed by atoms with Crippen molar-refractivity contribution < 1.29 is 47.9 Å². The van der Waals surface area contributed by atoms with E-state index in [1.165, 1.54) is 22.1 Å². The molecule has 71 heavy (non-hydrogen) atoms. The summed E-state index contributed by atoms with van der Waals surface area (Å²) in [4.78, 5) is 108. The molecule has 2 saturated heterocycles. The van der Waals surface area contributed by atoms with Crippen molar-refractivity contribution in [3.63, 3.8) is 0 Å². The molecule has 1 unspecified atom stereocenters. The molecule has 0 spiro atoms. The van der Waals surface area contributed by atoms with Crippen LogP contribution in [0.1, 0.15) is 131 Å².